The van der Waals surface area contributed by atoms with Gasteiger partial charge in [0.2, 0.25) is 0 Å². The lowest BCUT2D eigenvalue weighted by molar-refractivity contribution is 0.320. The third-order valence-electron chi connectivity index (χ3n) is 4.83. The highest BCUT2D eigenvalue weighted by molar-refractivity contribution is 5.85. The van der Waals surface area contributed by atoms with E-state index in [1.807, 2.05) is 6.54 Å². The van der Waals surface area contributed by atoms with E-state index in [4.69, 9.17) is 0 Å². The number of aromatic nitrogens is 2. The third-order valence-corrected chi connectivity index (χ3v) is 4.83. The first-order valence-corrected chi connectivity index (χ1v) is 8.31. The summed E-state index contributed by atoms with van der Waals surface area (Å²) in [4.78, 5) is 6.21. The Morgan fingerprint density at radius 2 is 2.12 bits per heavy atom. The molecule has 1 aromatic carbocycles. The molecule has 0 aliphatic carbocycles. The molecule has 2 radical (unpaired) electrons. The molecule has 3 nitrogen and oxygen atoms in total. The van der Waals surface area contributed by atoms with Crippen molar-refractivity contribution < 1.29 is 4.39 Å². The van der Waals surface area contributed by atoms with E-state index in [-0.39, 0.29) is 5.82 Å². The molecule has 0 bridgehead atoms. The number of hydrogen-bond acceptors (Lipinski definition) is 2. The van der Waals surface area contributed by atoms with Gasteiger partial charge in [0, 0.05) is 55.4 Å². The molecule has 0 saturated heterocycles. The number of pyridine rings is 1. The fourth-order valence-electron chi connectivity index (χ4n) is 3.67. The first-order chi connectivity index (χ1) is 11.8. The lowest BCUT2D eigenvalue weighted by Gasteiger charge is -2.26. The van der Waals surface area contributed by atoms with Gasteiger partial charge >= 0.3 is 0 Å². The molecule has 4 heteroatoms. The largest absolute Gasteiger partial charge is 0.344 e. The molecule has 0 N–H and O–H groups in total. The van der Waals surface area contributed by atoms with Crippen LogP contribution in [0.1, 0.15) is 16.8 Å². The molecule has 122 valence electrons. The zero-order valence-electron chi connectivity index (χ0n) is 13.6. The van der Waals surface area contributed by atoms with Crippen molar-refractivity contribution in [3.8, 4) is 0 Å². The number of aryl methyl sites for hydroxylation is 2. The van der Waals surface area contributed by atoms with Crippen LogP contribution >= 0.6 is 0 Å². The number of hydrogen-bond donors (Lipinski definition) is 0. The van der Waals surface area contributed by atoms with Gasteiger partial charge in [0.25, 0.3) is 0 Å². The highest BCUT2D eigenvalue weighted by Gasteiger charge is 2.22. The number of nitrogens with zero attached hydrogens (tertiary/aromatic N) is 3. The standard InChI is InChI=1S/C20H20FN3/c1-2-23-9-8-20-18(14-23)17-5-3-4-6-19(17)24(20)10-7-15-11-16(21)13-22-12-15/h2-6,11-13H,1,7-10,14H2. The van der Waals surface area contributed by atoms with Crippen LogP contribution in [0.25, 0.3) is 10.9 Å². The highest BCUT2D eigenvalue weighted by atomic mass is 19.1. The Labute approximate surface area is 141 Å². The second kappa shape index (κ2) is 6.36. The van der Waals surface area contributed by atoms with E-state index in [1.165, 1.54) is 28.4 Å². The van der Waals surface area contributed by atoms with Crippen LogP contribution in [0.5, 0.6) is 0 Å². The molecule has 0 unspecified atom stereocenters. The Bertz CT molecular complexity index is 868. The second-order valence-electron chi connectivity index (χ2n) is 6.26. The lowest BCUT2D eigenvalue weighted by atomic mass is 10.0. The Balaban J connectivity index is 1.70. The highest BCUT2D eigenvalue weighted by Crippen LogP contribution is 2.31. The quantitative estimate of drug-likeness (QED) is 0.729. The van der Waals surface area contributed by atoms with Crippen LogP contribution in [0.15, 0.2) is 42.7 Å². The van der Waals surface area contributed by atoms with Crippen LogP contribution in [-0.4, -0.2) is 21.0 Å². The first kappa shape index (κ1) is 15.3. The molecule has 0 saturated carbocycles. The summed E-state index contributed by atoms with van der Waals surface area (Å²) in [6.07, 6.45) is 4.79. The lowest BCUT2D eigenvalue weighted by Crippen LogP contribution is -2.28. The molecule has 0 atom stereocenters. The van der Waals surface area contributed by atoms with Gasteiger partial charge in [0.1, 0.15) is 5.82 Å². The maximum absolute atomic E-state index is 13.4. The van der Waals surface area contributed by atoms with Crippen molar-refractivity contribution in [2.24, 2.45) is 0 Å². The molecular weight excluding hydrogens is 301 g/mol. The topological polar surface area (TPSA) is 21.1 Å². The van der Waals surface area contributed by atoms with Gasteiger partial charge in [0.05, 0.1) is 6.20 Å². The van der Waals surface area contributed by atoms with Crippen LogP contribution in [-0.2, 0) is 25.9 Å². The van der Waals surface area contributed by atoms with Gasteiger partial charge in [-0.3, -0.25) is 9.88 Å². The average Bonchev–Trinajstić information content (AvgIpc) is 2.93. The normalized spacial score (nSPS) is 14.9. The Hall–Kier alpha value is -2.20. The van der Waals surface area contributed by atoms with Crippen LogP contribution in [0.3, 0.4) is 0 Å². The first-order valence-electron chi connectivity index (χ1n) is 8.31. The smallest absolute Gasteiger partial charge is 0.141 e. The van der Waals surface area contributed by atoms with E-state index in [1.54, 1.807) is 12.3 Å². The van der Waals surface area contributed by atoms with Crippen molar-refractivity contribution in [2.75, 3.05) is 6.54 Å². The van der Waals surface area contributed by atoms with E-state index < -0.39 is 0 Å². The second-order valence-corrected chi connectivity index (χ2v) is 6.26. The molecule has 4 rings (SSSR count). The summed E-state index contributed by atoms with van der Waals surface area (Å²) >= 11 is 0. The van der Waals surface area contributed by atoms with Crippen molar-refractivity contribution in [1.82, 2.24) is 14.5 Å². The zero-order valence-corrected chi connectivity index (χ0v) is 13.6. The molecule has 3 heterocycles. The van der Waals surface area contributed by atoms with Crippen molar-refractivity contribution >= 4 is 10.9 Å². The molecule has 1 aliphatic heterocycles. The zero-order chi connectivity index (χ0) is 16.5. The van der Waals surface area contributed by atoms with Gasteiger partial charge in [-0.25, -0.2) is 4.39 Å². The Morgan fingerprint density at radius 1 is 1.25 bits per heavy atom. The number of halogens is 1. The van der Waals surface area contributed by atoms with Gasteiger partial charge < -0.3 is 4.57 Å². The summed E-state index contributed by atoms with van der Waals surface area (Å²) in [6.45, 7) is 8.58. The Morgan fingerprint density at radius 3 is 2.96 bits per heavy atom. The summed E-state index contributed by atoms with van der Waals surface area (Å²) in [5, 5.41) is 1.32. The van der Waals surface area contributed by atoms with E-state index in [2.05, 4.69) is 45.6 Å². The molecular formula is C20H20FN3. The van der Waals surface area contributed by atoms with E-state index in [9.17, 15) is 4.39 Å². The van der Waals surface area contributed by atoms with E-state index in [0.29, 0.717) is 0 Å². The fraction of sp³-hybridized carbons (Fsp3) is 0.250. The van der Waals surface area contributed by atoms with Crippen LogP contribution in [0, 0.1) is 19.3 Å². The molecule has 0 fully saturated rings. The molecule has 3 aromatic rings. The van der Waals surface area contributed by atoms with Crippen LogP contribution in [0.4, 0.5) is 4.39 Å². The summed E-state index contributed by atoms with van der Waals surface area (Å²) in [6, 6.07) is 10.1. The molecule has 1 aliphatic rings. The molecule has 0 spiro atoms. The van der Waals surface area contributed by atoms with Crippen molar-refractivity contribution in [3.05, 3.63) is 78.8 Å². The van der Waals surface area contributed by atoms with Crippen molar-refractivity contribution in [2.45, 2.75) is 25.9 Å². The monoisotopic (exact) mass is 321 g/mol. The molecule has 24 heavy (non-hydrogen) atoms. The third kappa shape index (κ3) is 2.71. The fourth-order valence-corrected chi connectivity index (χ4v) is 3.67. The van der Waals surface area contributed by atoms with Gasteiger partial charge in [-0.1, -0.05) is 18.2 Å². The molecule has 2 aromatic heterocycles. The van der Waals surface area contributed by atoms with E-state index in [0.717, 1.165) is 38.0 Å². The maximum Gasteiger partial charge on any atom is 0.141 e. The van der Waals surface area contributed by atoms with Crippen molar-refractivity contribution in [3.63, 3.8) is 0 Å². The minimum Gasteiger partial charge on any atom is -0.344 e. The van der Waals surface area contributed by atoms with Gasteiger partial charge in [-0.15, -0.1) is 0 Å². The predicted octanol–water partition coefficient (Wildman–Crippen LogP) is 3.77. The number of rotatable bonds is 4. The van der Waals surface area contributed by atoms with Crippen LogP contribution in [0.2, 0.25) is 0 Å². The minimum absolute atomic E-state index is 0.270. The SMILES string of the molecule is [CH2][CH]N1CCc2c(c3ccccc3n2CCc2cncc(F)c2)C1. The van der Waals surface area contributed by atoms with Gasteiger partial charge in [-0.05, 0) is 36.6 Å². The predicted molar refractivity (Wildman–Crippen MR) is 93.6 cm³/mol. The minimum atomic E-state index is -0.270. The maximum atomic E-state index is 13.4. The van der Waals surface area contributed by atoms with Crippen molar-refractivity contribution in [1.29, 1.82) is 0 Å². The van der Waals surface area contributed by atoms with Crippen LogP contribution < -0.4 is 0 Å². The number of benzene rings is 1. The summed E-state index contributed by atoms with van der Waals surface area (Å²) in [5.74, 6) is -0.270. The number of para-hydroxylation sites is 1. The summed E-state index contributed by atoms with van der Waals surface area (Å²) < 4.78 is 15.8. The Kier molecular flexibility index (Phi) is 4.07. The van der Waals surface area contributed by atoms with Gasteiger partial charge in [0.15, 0.2) is 0 Å². The summed E-state index contributed by atoms with van der Waals surface area (Å²) in [5.41, 5.74) is 5.00. The van der Waals surface area contributed by atoms with E-state index >= 15 is 0 Å². The summed E-state index contributed by atoms with van der Waals surface area (Å²) in [7, 11) is 0. The number of fused-ring (bicyclic) bond motifs is 3. The molecule has 0 amide bonds. The average molecular weight is 321 g/mol. The van der Waals surface area contributed by atoms with Gasteiger partial charge in [-0.2, -0.15) is 0 Å².